The Morgan fingerprint density at radius 2 is 1.50 bits per heavy atom. The van der Waals surface area contributed by atoms with Gasteiger partial charge >= 0.3 is 0 Å². The molecule has 3 heterocycles. The summed E-state index contributed by atoms with van der Waals surface area (Å²) >= 11 is 0. The molecule has 6 atom stereocenters. The third kappa shape index (κ3) is 3.05. The summed E-state index contributed by atoms with van der Waals surface area (Å²) in [5, 5.41) is 10.6. The van der Waals surface area contributed by atoms with Crippen molar-refractivity contribution in [2.24, 2.45) is 0 Å². The minimum absolute atomic E-state index is 0.0820. The van der Waals surface area contributed by atoms with Crippen LogP contribution in [0.1, 0.15) is 53.9 Å². The topological polar surface area (TPSA) is 66.4 Å². The molecule has 0 saturated carbocycles. The largest absolute Gasteiger partial charge is 0.387 e. The molecule has 3 fully saturated rings. The summed E-state index contributed by atoms with van der Waals surface area (Å²) in [6.45, 7) is 9.57. The van der Waals surface area contributed by atoms with Gasteiger partial charge in [0.25, 0.3) is 0 Å². The molecule has 0 amide bonds. The van der Waals surface area contributed by atoms with Gasteiger partial charge in [0.2, 0.25) is 0 Å². The van der Waals surface area contributed by atoms with Crippen molar-refractivity contribution in [3.8, 4) is 0 Å². The van der Waals surface area contributed by atoms with Gasteiger partial charge in [0.1, 0.15) is 24.4 Å². The second kappa shape index (κ2) is 5.69. The molecular formula is C16H28O6. The zero-order chi connectivity index (χ0) is 16.1. The molecular weight excluding hydrogens is 288 g/mol. The standard InChI is InChI=1S/C16H28O6/c1-6-7-8-9-11(20-15(2,3)19-9)12-10(17)13-14(18-12)22-16(4,5)21-13/h9-14,17H,6-8H2,1-5H3/t9-,10+,11-,12+,13-,14-/m1/s1. The quantitative estimate of drug-likeness (QED) is 0.855. The molecule has 1 N–H and O–H groups in total. The summed E-state index contributed by atoms with van der Waals surface area (Å²) in [6.07, 6.45) is 0.350. The molecule has 128 valence electrons. The van der Waals surface area contributed by atoms with E-state index in [1.54, 1.807) is 0 Å². The van der Waals surface area contributed by atoms with E-state index in [9.17, 15) is 5.11 Å². The van der Waals surface area contributed by atoms with Gasteiger partial charge in [-0.1, -0.05) is 19.8 Å². The van der Waals surface area contributed by atoms with Crippen LogP contribution in [-0.4, -0.2) is 53.5 Å². The van der Waals surface area contributed by atoms with Crippen LogP contribution in [0.3, 0.4) is 0 Å². The van der Waals surface area contributed by atoms with Gasteiger partial charge in [0, 0.05) is 0 Å². The molecule has 0 spiro atoms. The van der Waals surface area contributed by atoms with Gasteiger partial charge in [-0.25, -0.2) is 0 Å². The highest BCUT2D eigenvalue weighted by atomic mass is 16.8. The maximum atomic E-state index is 10.6. The minimum atomic E-state index is -0.779. The number of unbranched alkanes of at least 4 members (excludes halogenated alkanes) is 1. The van der Waals surface area contributed by atoms with Gasteiger partial charge in [0.05, 0.1) is 6.10 Å². The van der Waals surface area contributed by atoms with Crippen LogP contribution >= 0.6 is 0 Å². The molecule has 0 bridgehead atoms. The van der Waals surface area contributed by atoms with E-state index in [1.807, 2.05) is 27.7 Å². The number of aliphatic hydroxyl groups excluding tert-OH is 1. The lowest BCUT2D eigenvalue weighted by molar-refractivity contribution is -0.232. The third-order valence-corrected chi connectivity index (χ3v) is 4.44. The van der Waals surface area contributed by atoms with E-state index in [2.05, 4.69) is 6.92 Å². The average molecular weight is 316 g/mol. The van der Waals surface area contributed by atoms with Gasteiger partial charge in [-0.15, -0.1) is 0 Å². The highest BCUT2D eigenvalue weighted by Gasteiger charge is 2.59. The van der Waals surface area contributed by atoms with E-state index in [-0.39, 0.29) is 12.2 Å². The Bertz CT molecular complexity index is 409. The molecule has 0 aromatic rings. The number of aliphatic hydroxyl groups is 1. The molecule has 0 aromatic carbocycles. The fraction of sp³-hybridized carbons (Fsp3) is 1.00. The van der Waals surface area contributed by atoms with Gasteiger partial charge in [0.15, 0.2) is 17.9 Å². The first-order valence-corrected chi connectivity index (χ1v) is 8.27. The van der Waals surface area contributed by atoms with Crippen LogP contribution in [0.4, 0.5) is 0 Å². The lowest BCUT2D eigenvalue weighted by Crippen LogP contribution is -2.45. The number of fused-ring (bicyclic) bond motifs is 1. The fourth-order valence-electron chi connectivity index (χ4n) is 3.56. The zero-order valence-electron chi connectivity index (χ0n) is 14.1. The molecule has 0 aromatic heterocycles. The lowest BCUT2D eigenvalue weighted by Gasteiger charge is -2.28. The highest BCUT2D eigenvalue weighted by molar-refractivity contribution is 5.00. The van der Waals surface area contributed by atoms with Crippen molar-refractivity contribution < 1.29 is 28.8 Å². The Morgan fingerprint density at radius 1 is 0.864 bits per heavy atom. The fourth-order valence-corrected chi connectivity index (χ4v) is 3.56. The summed E-state index contributed by atoms with van der Waals surface area (Å²) in [6, 6.07) is 0. The average Bonchev–Trinajstić information content (AvgIpc) is 2.97. The summed E-state index contributed by atoms with van der Waals surface area (Å²) in [5.41, 5.74) is 0. The predicted molar refractivity (Wildman–Crippen MR) is 78.1 cm³/mol. The summed E-state index contributed by atoms with van der Waals surface area (Å²) < 4.78 is 29.4. The van der Waals surface area contributed by atoms with E-state index in [0.717, 1.165) is 19.3 Å². The van der Waals surface area contributed by atoms with Crippen molar-refractivity contribution in [1.29, 1.82) is 0 Å². The third-order valence-electron chi connectivity index (χ3n) is 4.44. The van der Waals surface area contributed by atoms with Gasteiger partial charge in [-0.3, -0.25) is 0 Å². The van der Waals surface area contributed by atoms with Crippen LogP contribution in [0.15, 0.2) is 0 Å². The second-order valence-corrected chi connectivity index (χ2v) is 7.34. The zero-order valence-corrected chi connectivity index (χ0v) is 14.1. The van der Waals surface area contributed by atoms with Gasteiger partial charge < -0.3 is 28.8 Å². The van der Waals surface area contributed by atoms with Crippen molar-refractivity contribution in [1.82, 2.24) is 0 Å². The van der Waals surface area contributed by atoms with Crippen LogP contribution in [0, 0.1) is 0 Å². The molecule has 6 heteroatoms. The SMILES string of the molecule is CCCC[C@H]1OC(C)(C)O[C@H]1[C@H]1O[C@@H]2OC(C)(C)O[C@@H]2[C@H]1O. The van der Waals surface area contributed by atoms with Crippen LogP contribution < -0.4 is 0 Å². The van der Waals surface area contributed by atoms with E-state index < -0.39 is 36.2 Å². The summed E-state index contributed by atoms with van der Waals surface area (Å²) in [4.78, 5) is 0. The van der Waals surface area contributed by atoms with E-state index >= 15 is 0 Å². The van der Waals surface area contributed by atoms with Crippen molar-refractivity contribution >= 4 is 0 Å². The molecule has 6 nitrogen and oxygen atoms in total. The Balaban J connectivity index is 1.71. The van der Waals surface area contributed by atoms with Crippen molar-refractivity contribution in [2.75, 3.05) is 0 Å². The van der Waals surface area contributed by atoms with Crippen LogP contribution in [0.2, 0.25) is 0 Å². The van der Waals surface area contributed by atoms with Crippen molar-refractivity contribution in [3.63, 3.8) is 0 Å². The predicted octanol–water partition coefficient (Wildman–Crippen LogP) is 1.93. The Morgan fingerprint density at radius 3 is 2.14 bits per heavy atom. The second-order valence-electron chi connectivity index (χ2n) is 7.34. The smallest absolute Gasteiger partial charge is 0.190 e. The maximum absolute atomic E-state index is 10.6. The molecule has 3 saturated heterocycles. The first kappa shape index (κ1) is 16.6. The van der Waals surface area contributed by atoms with E-state index in [0.29, 0.717) is 0 Å². The maximum Gasteiger partial charge on any atom is 0.190 e. The Labute approximate surface area is 132 Å². The summed E-state index contributed by atoms with van der Waals surface area (Å²) in [7, 11) is 0. The van der Waals surface area contributed by atoms with Gasteiger partial charge in [-0.05, 0) is 34.1 Å². The molecule has 3 aliphatic rings. The number of rotatable bonds is 4. The number of hydrogen-bond acceptors (Lipinski definition) is 6. The molecule has 22 heavy (non-hydrogen) atoms. The Kier molecular flexibility index (Phi) is 4.29. The normalized spacial score (nSPS) is 46.1. The summed E-state index contributed by atoms with van der Waals surface area (Å²) in [5.74, 6) is -1.39. The van der Waals surface area contributed by atoms with Crippen LogP contribution in [0.25, 0.3) is 0 Å². The number of ether oxygens (including phenoxy) is 5. The van der Waals surface area contributed by atoms with Crippen molar-refractivity contribution in [2.45, 2.75) is 102 Å². The van der Waals surface area contributed by atoms with Crippen LogP contribution in [0.5, 0.6) is 0 Å². The van der Waals surface area contributed by atoms with E-state index in [1.165, 1.54) is 0 Å². The molecule has 3 rings (SSSR count). The van der Waals surface area contributed by atoms with Crippen molar-refractivity contribution in [3.05, 3.63) is 0 Å². The molecule has 0 radical (unpaired) electrons. The van der Waals surface area contributed by atoms with Gasteiger partial charge in [-0.2, -0.15) is 0 Å². The molecule has 0 aliphatic carbocycles. The van der Waals surface area contributed by atoms with Crippen LogP contribution in [-0.2, 0) is 23.7 Å². The number of hydrogen-bond donors (Lipinski definition) is 1. The monoisotopic (exact) mass is 316 g/mol. The van der Waals surface area contributed by atoms with E-state index in [4.69, 9.17) is 23.7 Å². The Hall–Kier alpha value is -0.240. The minimum Gasteiger partial charge on any atom is -0.387 e. The lowest BCUT2D eigenvalue weighted by atomic mass is 9.98. The first-order chi connectivity index (χ1) is 10.2. The molecule has 0 unspecified atom stereocenters. The highest BCUT2D eigenvalue weighted by Crippen LogP contribution is 2.42. The molecule has 3 aliphatic heterocycles. The first-order valence-electron chi connectivity index (χ1n) is 8.27.